The fourth-order valence-electron chi connectivity index (χ4n) is 3.51. The number of aryl methyl sites for hydroxylation is 3. The highest BCUT2D eigenvalue weighted by molar-refractivity contribution is 7.92. The molecule has 0 aromatic heterocycles. The summed E-state index contributed by atoms with van der Waals surface area (Å²) in [5.74, 6) is -0.895. The summed E-state index contributed by atoms with van der Waals surface area (Å²) in [5, 5.41) is 5.43. The van der Waals surface area contributed by atoms with E-state index in [2.05, 4.69) is 15.4 Å². The summed E-state index contributed by atoms with van der Waals surface area (Å²) >= 11 is 0. The summed E-state index contributed by atoms with van der Waals surface area (Å²) in [6, 6.07) is 16.5. The molecule has 0 saturated heterocycles. The van der Waals surface area contributed by atoms with Crippen molar-refractivity contribution in [3.05, 3.63) is 88.5 Å². The number of carbonyl (C=O) groups is 2. The first-order chi connectivity index (χ1) is 16.6. The number of hydrogen-bond donors (Lipinski definition) is 3. The summed E-state index contributed by atoms with van der Waals surface area (Å²) in [6.45, 7) is 6.10. The number of carbonyl (C=O) groups excluding carboxylic acids is 2. The predicted octanol–water partition coefficient (Wildman–Crippen LogP) is 4.04. The van der Waals surface area contributed by atoms with Crippen LogP contribution in [0.4, 0.5) is 11.4 Å². The van der Waals surface area contributed by atoms with Crippen molar-refractivity contribution in [2.24, 2.45) is 0 Å². The summed E-state index contributed by atoms with van der Waals surface area (Å²) in [6.07, 6.45) is 0. The van der Waals surface area contributed by atoms with E-state index >= 15 is 0 Å². The Bertz CT molecular complexity index is 1350. The van der Waals surface area contributed by atoms with E-state index in [0.29, 0.717) is 30.1 Å². The van der Waals surface area contributed by atoms with Crippen LogP contribution in [0, 0.1) is 20.8 Å². The monoisotopic (exact) mass is 495 g/mol. The second kappa shape index (κ2) is 11.2. The predicted molar refractivity (Wildman–Crippen MR) is 137 cm³/mol. The third-order valence-electron chi connectivity index (χ3n) is 5.38. The van der Waals surface area contributed by atoms with Gasteiger partial charge in [-0.1, -0.05) is 35.9 Å². The van der Waals surface area contributed by atoms with Gasteiger partial charge in [-0.25, -0.2) is 8.42 Å². The molecule has 0 bridgehead atoms. The van der Waals surface area contributed by atoms with Crippen LogP contribution in [0.25, 0.3) is 0 Å². The Hall–Kier alpha value is -3.69. The fourth-order valence-corrected chi connectivity index (χ4v) is 4.91. The van der Waals surface area contributed by atoms with Crippen LogP contribution in [0.5, 0.6) is 0 Å². The number of hydrogen-bond acceptors (Lipinski definition) is 5. The molecule has 35 heavy (non-hydrogen) atoms. The van der Waals surface area contributed by atoms with Crippen molar-refractivity contribution in [2.45, 2.75) is 25.7 Å². The Morgan fingerprint density at radius 2 is 1.60 bits per heavy atom. The molecule has 0 fully saturated rings. The molecule has 0 spiro atoms. The van der Waals surface area contributed by atoms with E-state index < -0.39 is 15.9 Å². The molecule has 9 heteroatoms. The van der Waals surface area contributed by atoms with Crippen LogP contribution in [0.1, 0.15) is 37.4 Å². The van der Waals surface area contributed by atoms with Crippen molar-refractivity contribution in [2.75, 3.05) is 30.3 Å². The van der Waals surface area contributed by atoms with Crippen LogP contribution >= 0.6 is 0 Å². The molecule has 0 saturated carbocycles. The van der Waals surface area contributed by atoms with Crippen molar-refractivity contribution in [3.63, 3.8) is 0 Å². The lowest BCUT2D eigenvalue weighted by molar-refractivity contribution is 0.0938. The Labute approximate surface area is 205 Å². The first-order valence-corrected chi connectivity index (χ1v) is 12.5. The Morgan fingerprint density at radius 1 is 0.857 bits per heavy atom. The Morgan fingerprint density at radius 3 is 2.31 bits per heavy atom. The number of para-hydroxylation sites is 1. The summed E-state index contributed by atoms with van der Waals surface area (Å²) in [5.41, 5.74) is 3.52. The molecule has 2 amide bonds. The second-order valence-electron chi connectivity index (χ2n) is 8.15. The highest BCUT2D eigenvalue weighted by Crippen LogP contribution is 2.24. The summed E-state index contributed by atoms with van der Waals surface area (Å²) in [7, 11) is -2.41. The number of nitrogens with one attached hydrogen (secondary N) is 3. The molecule has 0 atom stereocenters. The maximum absolute atomic E-state index is 13.2. The average molecular weight is 496 g/mol. The quantitative estimate of drug-likeness (QED) is 0.388. The van der Waals surface area contributed by atoms with Crippen molar-refractivity contribution in [1.82, 2.24) is 5.32 Å². The number of sulfonamides is 1. The van der Waals surface area contributed by atoms with E-state index in [1.807, 2.05) is 26.0 Å². The molecule has 3 rings (SSSR count). The van der Waals surface area contributed by atoms with E-state index in [1.165, 1.54) is 13.2 Å². The van der Waals surface area contributed by atoms with Crippen molar-refractivity contribution < 1.29 is 22.7 Å². The van der Waals surface area contributed by atoms with Crippen molar-refractivity contribution in [1.29, 1.82) is 0 Å². The van der Waals surface area contributed by atoms with Crippen LogP contribution in [0.15, 0.2) is 65.6 Å². The molecule has 0 aliphatic heterocycles. The van der Waals surface area contributed by atoms with Crippen LogP contribution in [-0.2, 0) is 14.8 Å². The number of benzene rings is 3. The van der Waals surface area contributed by atoms with E-state index in [4.69, 9.17) is 4.74 Å². The number of amides is 2. The van der Waals surface area contributed by atoms with E-state index in [-0.39, 0.29) is 21.9 Å². The number of rotatable bonds is 9. The smallest absolute Gasteiger partial charge is 0.262 e. The zero-order valence-electron chi connectivity index (χ0n) is 20.1. The maximum Gasteiger partial charge on any atom is 0.262 e. The van der Waals surface area contributed by atoms with Crippen molar-refractivity contribution in [3.8, 4) is 0 Å². The molecular formula is C26H29N3O5S. The molecule has 0 aliphatic carbocycles. The van der Waals surface area contributed by atoms with Gasteiger partial charge in [0, 0.05) is 19.2 Å². The minimum atomic E-state index is -3.95. The van der Waals surface area contributed by atoms with Gasteiger partial charge in [0.2, 0.25) is 0 Å². The average Bonchev–Trinajstić information content (AvgIpc) is 2.81. The molecule has 8 nitrogen and oxygen atoms in total. The largest absolute Gasteiger partial charge is 0.383 e. The molecule has 0 aliphatic rings. The number of methoxy groups -OCH3 is 1. The Kier molecular flexibility index (Phi) is 8.26. The van der Waals surface area contributed by atoms with Crippen LogP contribution in [0.2, 0.25) is 0 Å². The molecular weight excluding hydrogens is 466 g/mol. The molecule has 3 aromatic carbocycles. The van der Waals surface area contributed by atoms with Gasteiger partial charge in [0.1, 0.15) is 0 Å². The lowest BCUT2D eigenvalue weighted by atomic mass is 10.1. The van der Waals surface area contributed by atoms with Gasteiger partial charge in [0.05, 0.1) is 28.4 Å². The minimum absolute atomic E-state index is 0.00396. The van der Waals surface area contributed by atoms with E-state index in [9.17, 15) is 18.0 Å². The van der Waals surface area contributed by atoms with Crippen LogP contribution < -0.4 is 15.4 Å². The number of ether oxygens (including phenoxy) is 1. The molecule has 0 radical (unpaired) electrons. The van der Waals surface area contributed by atoms with Gasteiger partial charge in [-0.15, -0.1) is 0 Å². The molecule has 0 heterocycles. The van der Waals surface area contributed by atoms with Gasteiger partial charge < -0.3 is 15.4 Å². The topological polar surface area (TPSA) is 114 Å². The van der Waals surface area contributed by atoms with Gasteiger partial charge in [0.15, 0.2) is 0 Å². The normalized spacial score (nSPS) is 11.1. The van der Waals surface area contributed by atoms with Crippen LogP contribution in [-0.4, -0.2) is 40.5 Å². The fraction of sp³-hybridized carbons (Fsp3) is 0.231. The zero-order chi connectivity index (χ0) is 25.6. The highest BCUT2D eigenvalue weighted by Gasteiger charge is 2.21. The second-order valence-corrected chi connectivity index (χ2v) is 9.80. The molecule has 0 unspecified atom stereocenters. The van der Waals surface area contributed by atoms with Gasteiger partial charge in [-0.3, -0.25) is 14.3 Å². The van der Waals surface area contributed by atoms with Crippen molar-refractivity contribution >= 4 is 33.2 Å². The zero-order valence-corrected chi connectivity index (χ0v) is 21.0. The Balaban J connectivity index is 1.85. The van der Waals surface area contributed by atoms with E-state index in [0.717, 1.165) is 11.1 Å². The van der Waals surface area contributed by atoms with Crippen LogP contribution in [0.3, 0.4) is 0 Å². The first kappa shape index (κ1) is 25.9. The standard InChI is InChI=1S/C26H29N3O5S/c1-17-9-12-22(19(3)15-17)29-35(32,33)24-16-20(11-10-18(24)2)25(30)28-23-8-6-5-7-21(23)26(31)27-13-14-34-4/h5-12,15-16,29H,13-14H2,1-4H3,(H,27,31)(H,28,30). The van der Waals surface area contributed by atoms with Gasteiger partial charge >= 0.3 is 0 Å². The molecule has 184 valence electrons. The summed E-state index contributed by atoms with van der Waals surface area (Å²) < 4.78 is 33.9. The molecule has 3 N–H and O–H groups in total. The van der Waals surface area contributed by atoms with Gasteiger partial charge in [0.25, 0.3) is 21.8 Å². The minimum Gasteiger partial charge on any atom is -0.383 e. The number of anilines is 2. The van der Waals surface area contributed by atoms with Gasteiger partial charge in [-0.2, -0.15) is 0 Å². The maximum atomic E-state index is 13.2. The third kappa shape index (κ3) is 6.46. The third-order valence-corrected chi connectivity index (χ3v) is 6.89. The SMILES string of the molecule is COCCNC(=O)c1ccccc1NC(=O)c1ccc(C)c(S(=O)(=O)Nc2ccc(C)cc2C)c1. The lowest BCUT2D eigenvalue weighted by Gasteiger charge is -2.15. The highest BCUT2D eigenvalue weighted by atomic mass is 32.2. The first-order valence-electron chi connectivity index (χ1n) is 11.0. The summed E-state index contributed by atoms with van der Waals surface area (Å²) in [4.78, 5) is 25.5. The van der Waals surface area contributed by atoms with E-state index in [1.54, 1.807) is 49.4 Å². The van der Waals surface area contributed by atoms with Gasteiger partial charge in [-0.05, 0) is 62.2 Å². The lowest BCUT2D eigenvalue weighted by Crippen LogP contribution is -2.28. The molecule has 3 aromatic rings.